The summed E-state index contributed by atoms with van der Waals surface area (Å²) < 4.78 is 5.66. The Labute approximate surface area is 176 Å². The molecule has 0 atom stereocenters. The third kappa shape index (κ3) is 6.44. The molecule has 154 valence electrons. The zero-order chi connectivity index (χ0) is 21.2. The number of benzene rings is 2. The highest BCUT2D eigenvalue weighted by Gasteiger charge is 2.09. The van der Waals surface area contributed by atoms with Crippen molar-refractivity contribution in [3.63, 3.8) is 0 Å². The maximum absolute atomic E-state index is 12.3. The lowest BCUT2D eigenvalue weighted by Gasteiger charge is -2.12. The Balaban J connectivity index is 1.46. The van der Waals surface area contributed by atoms with Crippen molar-refractivity contribution in [3.05, 3.63) is 89.7 Å². The number of hydrogen-bond donors (Lipinski definition) is 2. The zero-order valence-corrected chi connectivity index (χ0v) is 16.9. The molecule has 6 heteroatoms. The highest BCUT2D eigenvalue weighted by Crippen LogP contribution is 2.16. The monoisotopic (exact) mass is 403 g/mol. The lowest BCUT2D eigenvalue weighted by atomic mass is 10.1. The lowest BCUT2D eigenvalue weighted by Crippen LogP contribution is -2.24. The molecule has 3 rings (SSSR count). The van der Waals surface area contributed by atoms with Crippen molar-refractivity contribution in [1.82, 2.24) is 10.3 Å². The number of carbonyl (C=O) groups excluding carboxylic acids is 2. The second-order valence-electron chi connectivity index (χ2n) is 6.89. The number of hydrogen-bond acceptors (Lipinski definition) is 4. The van der Waals surface area contributed by atoms with Crippen molar-refractivity contribution < 1.29 is 14.3 Å². The van der Waals surface area contributed by atoms with Gasteiger partial charge in [0.05, 0.1) is 12.2 Å². The van der Waals surface area contributed by atoms with Gasteiger partial charge in [-0.1, -0.05) is 35.9 Å². The first-order chi connectivity index (χ1) is 14.6. The fourth-order valence-electron chi connectivity index (χ4n) is 2.84. The van der Waals surface area contributed by atoms with Crippen LogP contribution in [0.1, 0.15) is 34.3 Å². The average Bonchev–Trinajstić information content (AvgIpc) is 2.78. The Morgan fingerprint density at radius 3 is 2.57 bits per heavy atom. The van der Waals surface area contributed by atoms with Crippen molar-refractivity contribution >= 4 is 17.5 Å². The van der Waals surface area contributed by atoms with Gasteiger partial charge in [0.1, 0.15) is 5.75 Å². The maximum Gasteiger partial charge on any atom is 0.253 e. The van der Waals surface area contributed by atoms with E-state index in [1.54, 1.807) is 18.3 Å². The summed E-state index contributed by atoms with van der Waals surface area (Å²) in [4.78, 5) is 28.5. The van der Waals surface area contributed by atoms with E-state index in [-0.39, 0.29) is 11.8 Å². The highest BCUT2D eigenvalue weighted by molar-refractivity contribution is 5.94. The Morgan fingerprint density at radius 2 is 1.80 bits per heavy atom. The second-order valence-corrected chi connectivity index (χ2v) is 6.89. The Morgan fingerprint density at radius 1 is 1.00 bits per heavy atom. The van der Waals surface area contributed by atoms with E-state index in [1.807, 2.05) is 55.5 Å². The van der Waals surface area contributed by atoms with Gasteiger partial charge in [0, 0.05) is 31.0 Å². The quantitative estimate of drug-likeness (QED) is 0.527. The second kappa shape index (κ2) is 10.8. The number of nitrogens with zero attached hydrogens (tertiary/aromatic N) is 1. The third-order valence-electron chi connectivity index (χ3n) is 4.49. The fourth-order valence-corrected chi connectivity index (χ4v) is 2.84. The molecule has 0 saturated heterocycles. The smallest absolute Gasteiger partial charge is 0.253 e. The normalized spacial score (nSPS) is 10.3. The first kappa shape index (κ1) is 21.0. The minimum atomic E-state index is -0.211. The number of rotatable bonds is 9. The van der Waals surface area contributed by atoms with Crippen LogP contribution in [0.25, 0.3) is 0 Å². The molecule has 30 heavy (non-hydrogen) atoms. The van der Waals surface area contributed by atoms with Crippen LogP contribution < -0.4 is 15.4 Å². The number of carbonyl (C=O) groups is 2. The summed E-state index contributed by atoms with van der Waals surface area (Å²) in [6.45, 7) is 2.80. The third-order valence-corrected chi connectivity index (χ3v) is 4.49. The van der Waals surface area contributed by atoms with Gasteiger partial charge in [-0.25, -0.2) is 0 Å². The molecule has 3 aromatic rings. The number of anilines is 1. The van der Waals surface area contributed by atoms with Crippen LogP contribution in [0.5, 0.6) is 5.75 Å². The zero-order valence-electron chi connectivity index (χ0n) is 16.9. The number of aromatic nitrogens is 1. The standard InChI is InChI=1S/C24H25N3O3/c1-18-10-12-21(13-11-18)30-15-5-9-23(28)27-22-8-3-2-6-19(22)17-26-24(29)20-7-4-14-25-16-20/h2-4,6-8,10-14,16H,5,9,15,17H2,1H3,(H,26,29)(H,27,28). The molecule has 0 fully saturated rings. The van der Waals surface area contributed by atoms with E-state index in [1.165, 1.54) is 11.8 Å². The number of pyridine rings is 1. The van der Waals surface area contributed by atoms with Gasteiger partial charge in [-0.2, -0.15) is 0 Å². The van der Waals surface area contributed by atoms with Gasteiger partial charge in [-0.05, 0) is 49.2 Å². The molecule has 0 spiro atoms. The summed E-state index contributed by atoms with van der Waals surface area (Å²) in [5.41, 5.74) is 3.19. The van der Waals surface area contributed by atoms with Crippen LogP contribution in [0.3, 0.4) is 0 Å². The van der Waals surface area contributed by atoms with Crippen LogP contribution in [0.15, 0.2) is 73.1 Å². The van der Waals surface area contributed by atoms with Gasteiger partial charge in [-0.3, -0.25) is 14.6 Å². The van der Waals surface area contributed by atoms with Crippen molar-refractivity contribution in [2.75, 3.05) is 11.9 Å². The fraction of sp³-hybridized carbons (Fsp3) is 0.208. The summed E-state index contributed by atoms with van der Waals surface area (Å²) in [6, 6.07) is 18.7. The van der Waals surface area contributed by atoms with Crippen molar-refractivity contribution in [2.24, 2.45) is 0 Å². The molecule has 0 saturated carbocycles. The number of ether oxygens (including phenoxy) is 1. The summed E-state index contributed by atoms with van der Waals surface area (Å²) >= 11 is 0. The van der Waals surface area contributed by atoms with Gasteiger partial charge in [-0.15, -0.1) is 0 Å². The van der Waals surface area contributed by atoms with E-state index in [2.05, 4.69) is 15.6 Å². The SMILES string of the molecule is Cc1ccc(OCCCC(=O)Nc2ccccc2CNC(=O)c2cccnc2)cc1. The molecule has 0 aliphatic rings. The molecule has 0 aliphatic heterocycles. The highest BCUT2D eigenvalue weighted by atomic mass is 16.5. The number of amides is 2. The van der Waals surface area contributed by atoms with E-state index >= 15 is 0 Å². The maximum atomic E-state index is 12.3. The van der Waals surface area contributed by atoms with Gasteiger partial charge in [0.2, 0.25) is 5.91 Å². The van der Waals surface area contributed by atoms with E-state index in [9.17, 15) is 9.59 Å². The van der Waals surface area contributed by atoms with Gasteiger partial charge in [0.25, 0.3) is 5.91 Å². The molecule has 1 aromatic heterocycles. The Bertz CT molecular complexity index is 973. The molecule has 0 aliphatic carbocycles. The van der Waals surface area contributed by atoms with Crippen LogP contribution in [-0.2, 0) is 11.3 Å². The largest absolute Gasteiger partial charge is 0.494 e. The first-order valence-electron chi connectivity index (χ1n) is 9.87. The summed E-state index contributed by atoms with van der Waals surface area (Å²) in [5, 5.41) is 5.78. The van der Waals surface area contributed by atoms with Crippen LogP contribution in [0.2, 0.25) is 0 Å². The molecular formula is C24H25N3O3. The number of aryl methyl sites for hydroxylation is 1. The summed E-state index contributed by atoms with van der Waals surface area (Å²) in [5.74, 6) is 0.502. The molecule has 2 amide bonds. The van der Waals surface area contributed by atoms with Crippen LogP contribution in [0, 0.1) is 6.92 Å². The summed E-state index contributed by atoms with van der Waals surface area (Å²) in [7, 11) is 0. The van der Waals surface area contributed by atoms with E-state index in [4.69, 9.17) is 4.74 Å². The minimum Gasteiger partial charge on any atom is -0.494 e. The summed E-state index contributed by atoms with van der Waals surface area (Å²) in [6.07, 6.45) is 4.09. The molecule has 6 nitrogen and oxygen atoms in total. The molecule has 2 N–H and O–H groups in total. The van der Waals surface area contributed by atoms with Crippen molar-refractivity contribution in [2.45, 2.75) is 26.3 Å². The molecule has 0 radical (unpaired) electrons. The Hall–Kier alpha value is -3.67. The van der Waals surface area contributed by atoms with Crippen LogP contribution in [-0.4, -0.2) is 23.4 Å². The predicted octanol–water partition coefficient (Wildman–Crippen LogP) is 4.12. The van der Waals surface area contributed by atoms with Crippen molar-refractivity contribution in [1.29, 1.82) is 0 Å². The van der Waals surface area contributed by atoms with Gasteiger partial charge >= 0.3 is 0 Å². The molecule has 1 heterocycles. The average molecular weight is 403 g/mol. The topological polar surface area (TPSA) is 80.3 Å². The minimum absolute atomic E-state index is 0.0893. The number of nitrogens with one attached hydrogen (secondary N) is 2. The first-order valence-corrected chi connectivity index (χ1v) is 9.87. The van der Waals surface area contributed by atoms with Gasteiger partial charge in [0.15, 0.2) is 0 Å². The molecule has 0 unspecified atom stereocenters. The van der Waals surface area contributed by atoms with Crippen molar-refractivity contribution in [3.8, 4) is 5.75 Å². The molecular weight excluding hydrogens is 378 g/mol. The molecule has 2 aromatic carbocycles. The van der Waals surface area contributed by atoms with E-state index in [0.29, 0.717) is 37.2 Å². The van der Waals surface area contributed by atoms with Gasteiger partial charge < -0.3 is 15.4 Å². The lowest BCUT2D eigenvalue weighted by molar-refractivity contribution is -0.116. The number of para-hydroxylation sites is 1. The van der Waals surface area contributed by atoms with Crippen LogP contribution >= 0.6 is 0 Å². The van der Waals surface area contributed by atoms with E-state index < -0.39 is 0 Å². The Kier molecular flexibility index (Phi) is 7.55. The molecule has 0 bridgehead atoms. The van der Waals surface area contributed by atoms with Crippen LogP contribution in [0.4, 0.5) is 5.69 Å². The predicted molar refractivity (Wildman–Crippen MR) is 116 cm³/mol. The van der Waals surface area contributed by atoms with E-state index in [0.717, 1.165) is 11.3 Å².